The minimum absolute atomic E-state index is 0.279. The third-order valence-corrected chi connectivity index (χ3v) is 3.98. The third kappa shape index (κ3) is 3.71. The van der Waals surface area contributed by atoms with Crippen LogP contribution in [0, 0.1) is 5.82 Å². The Morgan fingerprint density at radius 1 is 1.21 bits per heavy atom. The number of ether oxygens (including phenoxy) is 1. The lowest BCUT2D eigenvalue weighted by Gasteiger charge is -2.12. The van der Waals surface area contributed by atoms with Crippen molar-refractivity contribution in [1.29, 1.82) is 0 Å². The van der Waals surface area contributed by atoms with Gasteiger partial charge in [-0.05, 0) is 47.9 Å². The molecule has 19 heavy (non-hydrogen) atoms. The van der Waals surface area contributed by atoms with Gasteiger partial charge in [0.25, 0.3) is 0 Å². The Bertz CT molecular complexity index is 557. The molecule has 100 valence electrons. The van der Waals surface area contributed by atoms with Gasteiger partial charge in [-0.2, -0.15) is 0 Å². The van der Waals surface area contributed by atoms with Gasteiger partial charge in [0.1, 0.15) is 11.6 Å². The molecular formula is C15H13BrClFO. The van der Waals surface area contributed by atoms with E-state index in [2.05, 4.69) is 15.9 Å². The fourth-order valence-corrected chi connectivity index (χ4v) is 2.85. The van der Waals surface area contributed by atoms with Crippen LogP contribution < -0.4 is 4.74 Å². The average Bonchev–Trinajstić information content (AvgIpc) is 2.42. The number of methoxy groups -OCH3 is 1. The molecule has 1 atom stereocenters. The molecule has 0 aromatic heterocycles. The molecule has 0 bridgehead atoms. The first kappa shape index (κ1) is 14.4. The number of halogens is 3. The van der Waals surface area contributed by atoms with Crippen molar-refractivity contribution in [2.75, 3.05) is 7.11 Å². The Kier molecular flexibility index (Phi) is 4.83. The fourth-order valence-electron chi connectivity index (χ4n) is 1.83. The number of hydrogen-bond donors (Lipinski definition) is 0. The summed E-state index contributed by atoms with van der Waals surface area (Å²) in [4.78, 5) is 0. The predicted molar refractivity (Wildman–Crippen MR) is 79.4 cm³/mol. The Labute approximate surface area is 125 Å². The molecule has 0 aliphatic rings. The quantitative estimate of drug-likeness (QED) is 0.700. The van der Waals surface area contributed by atoms with Gasteiger partial charge in [0.15, 0.2) is 0 Å². The lowest BCUT2D eigenvalue weighted by atomic mass is 10.0. The van der Waals surface area contributed by atoms with Crippen LogP contribution in [0.15, 0.2) is 46.9 Å². The summed E-state index contributed by atoms with van der Waals surface area (Å²) < 4.78 is 19.2. The molecule has 1 unspecified atom stereocenters. The van der Waals surface area contributed by atoms with Gasteiger partial charge in [-0.15, -0.1) is 11.6 Å². The van der Waals surface area contributed by atoms with Crippen LogP contribution in [0.2, 0.25) is 0 Å². The van der Waals surface area contributed by atoms with E-state index in [4.69, 9.17) is 16.3 Å². The zero-order valence-electron chi connectivity index (χ0n) is 10.4. The Morgan fingerprint density at radius 3 is 2.53 bits per heavy atom. The zero-order chi connectivity index (χ0) is 13.8. The Hall–Kier alpha value is -1.06. The van der Waals surface area contributed by atoms with E-state index >= 15 is 0 Å². The van der Waals surface area contributed by atoms with E-state index in [0.29, 0.717) is 6.42 Å². The summed E-state index contributed by atoms with van der Waals surface area (Å²) in [6, 6.07) is 12.2. The first-order valence-electron chi connectivity index (χ1n) is 5.82. The highest BCUT2D eigenvalue weighted by Crippen LogP contribution is 2.31. The molecule has 0 saturated heterocycles. The normalized spacial score (nSPS) is 12.2. The Balaban J connectivity index is 2.15. The molecule has 4 heteroatoms. The molecule has 1 nitrogen and oxygen atoms in total. The van der Waals surface area contributed by atoms with Gasteiger partial charge in [-0.25, -0.2) is 4.39 Å². The summed E-state index contributed by atoms with van der Waals surface area (Å²) in [7, 11) is 1.63. The van der Waals surface area contributed by atoms with E-state index in [0.717, 1.165) is 21.3 Å². The third-order valence-electron chi connectivity index (χ3n) is 2.87. The molecule has 0 heterocycles. The second kappa shape index (κ2) is 6.40. The highest BCUT2D eigenvalue weighted by atomic mass is 79.9. The van der Waals surface area contributed by atoms with E-state index in [-0.39, 0.29) is 11.2 Å². The van der Waals surface area contributed by atoms with Crippen molar-refractivity contribution in [2.45, 2.75) is 11.8 Å². The molecule has 0 saturated carbocycles. The minimum atomic E-state index is -0.279. The van der Waals surface area contributed by atoms with E-state index in [1.54, 1.807) is 13.2 Å². The highest BCUT2D eigenvalue weighted by Gasteiger charge is 2.13. The number of benzene rings is 2. The van der Waals surface area contributed by atoms with Crippen molar-refractivity contribution in [1.82, 2.24) is 0 Å². The topological polar surface area (TPSA) is 9.23 Å². The van der Waals surface area contributed by atoms with Crippen molar-refractivity contribution in [3.05, 3.63) is 63.9 Å². The minimum Gasteiger partial charge on any atom is -0.497 e. The fraction of sp³-hybridized carbons (Fsp3) is 0.200. The summed E-state index contributed by atoms with van der Waals surface area (Å²) in [6.45, 7) is 0. The first-order valence-corrected chi connectivity index (χ1v) is 7.05. The summed E-state index contributed by atoms with van der Waals surface area (Å²) in [6.07, 6.45) is 0.633. The molecule has 2 aromatic carbocycles. The maximum atomic E-state index is 13.2. The lowest BCUT2D eigenvalue weighted by molar-refractivity contribution is 0.414. The lowest BCUT2D eigenvalue weighted by Crippen LogP contribution is -1.98. The van der Waals surface area contributed by atoms with Crippen LogP contribution >= 0.6 is 27.5 Å². The largest absolute Gasteiger partial charge is 0.497 e. The van der Waals surface area contributed by atoms with E-state index < -0.39 is 0 Å². The number of hydrogen-bond acceptors (Lipinski definition) is 1. The smallest absolute Gasteiger partial charge is 0.123 e. The molecule has 2 rings (SSSR count). The van der Waals surface area contributed by atoms with Crippen molar-refractivity contribution in [3.63, 3.8) is 0 Å². The molecule has 0 radical (unpaired) electrons. The van der Waals surface area contributed by atoms with Gasteiger partial charge in [0.05, 0.1) is 12.5 Å². The second-order valence-corrected chi connectivity index (χ2v) is 5.57. The van der Waals surface area contributed by atoms with E-state index in [9.17, 15) is 4.39 Å². The molecule has 0 aliphatic heterocycles. The SMILES string of the molecule is COc1ccc(CC(Cl)c2cc(F)ccc2Br)cc1. The van der Waals surface area contributed by atoms with Gasteiger partial charge in [0, 0.05) is 4.47 Å². The second-order valence-electron chi connectivity index (χ2n) is 4.19. The zero-order valence-corrected chi connectivity index (χ0v) is 12.7. The van der Waals surface area contributed by atoms with Gasteiger partial charge in [-0.1, -0.05) is 28.1 Å². The Morgan fingerprint density at radius 2 is 1.89 bits per heavy atom. The maximum Gasteiger partial charge on any atom is 0.123 e. The van der Waals surface area contributed by atoms with Crippen molar-refractivity contribution in [2.24, 2.45) is 0 Å². The van der Waals surface area contributed by atoms with Gasteiger partial charge in [-0.3, -0.25) is 0 Å². The molecule has 0 fully saturated rings. The van der Waals surface area contributed by atoms with E-state index in [1.807, 2.05) is 24.3 Å². The standard InChI is InChI=1S/C15H13BrClFO/c1-19-12-5-2-10(3-6-12)8-15(17)13-9-11(18)4-7-14(13)16/h2-7,9,15H,8H2,1H3. The first-order chi connectivity index (χ1) is 9.10. The molecule has 0 spiro atoms. The summed E-state index contributed by atoms with van der Waals surface area (Å²) in [5.41, 5.74) is 1.84. The van der Waals surface area contributed by atoms with Crippen LogP contribution in [0.5, 0.6) is 5.75 Å². The summed E-state index contributed by atoms with van der Waals surface area (Å²) in [5.74, 6) is 0.528. The van der Waals surface area contributed by atoms with Crippen LogP contribution in [0.25, 0.3) is 0 Å². The molecule has 0 aliphatic carbocycles. The van der Waals surface area contributed by atoms with Gasteiger partial charge >= 0.3 is 0 Å². The number of rotatable bonds is 4. The summed E-state index contributed by atoms with van der Waals surface area (Å²) >= 11 is 9.76. The molecule has 2 aromatic rings. The average molecular weight is 344 g/mol. The van der Waals surface area contributed by atoms with Crippen LogP contribution in [-0.4, -0.2) is 7.11 Å². The van der Waals surface area contributed by atoms with Crippen LogP contribution in [0.3, 0.4) is 0 Å². The predicted octanol–water partition coefficient (Wildman–Crippen LogP) is 5.12. The monoisotopic (exact) mass is 342 g/mol. The maximum absolute atomic E-state index is 13.2. The number of alkyl halides is 1. The molecule has 0 N–H and O–H groups in total. The van der Waals surface area contributed by atoms with Gasteiger partial charge < -0.3 is 4.74 Å². The van der Waals surface area contributed by atoms with Crippen molar-refractivity contribution in [3.8, 4) is 5.75 Å². The highest BCUT2D eigenvalue weighted by molar-refractivity contribution is 9.10. The van der Waals surface area contributed by atoms with Crippen LogP contribution in [-0.2, 0) is 6.42 Å². The van der Waals surface area contributed by atoms with Crippen molar-refractivity contribution >= 4 is 27.5 Å². The van der Waals surface area contributed by atoms with E-state index in [1.165, 1.54) is 12.1 Å². The molecular weight excluding hydrogens is 331 g/mol. The molecule has 0 amide bonds. The van der Waals surface area contributed by atoms with Crippen LogP contribution in [0.4, 0.5) is 4.39 Å². The van der Waals surface area contributed by atoms with Crippen molar-refractivity contribution < 1.29 is 9.13 Å². The summed E-state index contributed by atoms with van der Waals surface area (Å²) in [5, 5.41) is -0.279. The van der Waals surface area contributed by atoms with Gasteiger partial charge in [0.2, 0.25) is 0 Å². The van der Waals surface area contributed by atoms with Crippen LogP contribution in [0.1, 0.15) is 16.5 Å².